The average Bonchev–Trinajstić information content (AvgIpc) is 3.60. The van der Waals surface area contributed by atoms with E-state index < -0.39 is 18.1 Å². The number of carbonyl (C=O) groups is 3. The highest BCUT2D eigenvalue weighted by atomic mass is 16.2. The molecule has 3 fully saturated rings. The number of anilines is 1. The fourth-order valence-electron chi connectivity index (χ4n) is 5.74. The van der Waals surface area contributed by atoms with Crippen LogP contribution >= 0.6 is 0 Å². The molecule has 3 atom stereocenters. The van der Waals surface area contributed by atoms with Crippen LogP contribution in [0.5, 0.6) is 0 Å². The van der Waals surface area contributed by atoms with E-state index in [4.69, 9.17) is 0 Å². The van der Waals surface area contributed by atoms with E-state index in [9.17, 15) is 19.6 Å². The molecule has 5 heterocycles. The van der Waals surface area contributed by atoms with Crippen LogP contribution in [0.1, 0.15) is 49.1 Å². The monoisotopic (exact) mass is 483 g/mol. The van der Waals surface area contributed by atoms with Gasteiger partial charge in [-0.05, 0) is 12.5 Å². The molecule has 6 rings (SSSR count). The summed E-state index contributed by atoms with van der Waals surface area (Å²) in [5.41, 5.74) is 1.67. The highest BCUT2D eigenvalue weighted by Crippen LogP contribution is 2.44. The Kier molecular flexibility index (Phi) is 4.55. The van der Waals surface area contributed by atoms with Crippen molar-refractivity contribution in [3.8, 4) is 6.07 Å². The number of amides is 4. The summed E-state index contributed by atoms with van der Waals surface area (Å²) in [5, 5.41) is 15.1. The zero-order chi connectivity index (χ0) is 25.5. The smallest absolute Gasteiger partial charge is 0.330 e. The van der Waals surface area contributed by atoms with E-state index in [1.54, 1.807) is 45.8 Å². The lowest BCUT2D eigenvalue weighted by Gasteiger charge is -2.34. The van der Waals surface area contributed by atoms with Gasteiger partial charge in [0.25, 0.3) is 11.8 Å². The number of nitriles is 1. The standard InChI is InChI=1S/C26H25N7O3/c1-26(2,3)21-10-19(30(4)29-21)23(34)31-13-14-9-18(31)22-24(35)33(25(36)32(14)22)20-12-28-17(11-27)15-7-5-6-8-16(15)20/h5-8,10,12,14,18,22H,9,13H2,1-4H3. The number of likely N-dealkylation sites (tertiary alicyclic amines) is 1. The summed E-state index contributed by atoms with van der Waals surface area (Å²) in [6.45, 7) is 6.49. The lowest BCUT2D eigenvalue weighted by molar-refractivity contribution is -0.121. The molecule has 10 heteroatoms. The number of benzene rings is 1. The Morgan fingerprint density at radius 3 is 2.56 bits per heavy atom. The Hall–Kier alpha value is -4.26. The SMILES string of the molecule is Cn1nc(C(C)(C)C)cc1C(=O)N1CC2CC1C1C(=O)N(c3cnc(C#N)c4ccccc34)C(=O)N21. The van der Waals surface area contributed by atoms with Crippen molar-refractivity contribution >= 4 is 34.3 Å². The van der Waals surface area contributed by atoms with Gasteiger partial charge in [0.1, 0.15) is 23.5 Å². The summed E-state index contributed by atoms with van der Waals surface area (Å²) < 4.78 is 1.59. The molecule has 10 nitrogen and oxygen atoms in total. The van der Waals surface area contributed by atoms with Crippen molar-refractivity contribution in [1.29, 1.82) is 5.26 Å². The van der Waals surface area contributed by atoms with Gasteiger partial charge < -0.3 is 9.80 Å². The largest absolute Gasteiger partial charge is 0.332 e. The number of pyridine rings is 1. The van der Waals surface area contributed by atoms with Crippen LogP contribution in [-0.4, -0.2) is 67.1 Å². The number of piperazine rings is 1. The number of urea groups is 1. The van der Waals surface area contributed by atoms with Gasteiger partial charge in [0.05, 0.1) is 29.7 Å². The zero-order valence-corrected chi connectivity index (χ0v) is 20.5. The zero-order valence-electron chi connectivity index (χ0n) is 20.5. The van der Waals surface area contributed by atoms with Crippen LogP contribution in [0, 0.1) is 11.3 Å². The van der Waals surface area contributed by atoms with E-state index in [2.05, 4.69) is 16.2 Å². The van der Waals surface area contributed by atoms with Gasteiger partial charge >= 0.3 is 6.03 Å². The van der Waals surface area contributed by atoms with Gasteiger partial charge in [-0.2, -0.15) is 10.4 Å². The van der Waals surface area contributed by atoms with E-state index in [0.29, 0.717) is 35.1 Å². The number of hydrogen-bond donors (Lipinski definition) is 0. The maximum atomic E-state index is 13.7. The number of rotatable bonds is 2. The predicted molar refractivity (Wildman–Crippen MR) is 130 cm³/mol. The van der Waals surface area contributed by atoms with Crippen molar-refractivity contribution in [2.24, 2.45) is 7.05 Å². The van der Waals surface area contributed by atoms with Crippen LogP contribution in [0.2, 0.25) is 0 Å². The van der Waals surface area contributed by atoms with Crippen LogP contribution in [0.4, 0.5) is 10.5 Å². The number of aromatic nitrogens is 3. The second-order valence-electron chi connectivity index (χ2n) is 10.7. The quantitative estimate of drug-likeness (QED) is 0.518. The summed E-state index contributed by atoms with van der Waals surface area (Å²) in [6, 6.07) is 9.18. The molecule has 2 aromatic heterocycles. The maximum absolute atomic E-state index is 13.7. The molecule has 3 unspecified atom stereocenters. The molecule has 3 aliphatic rings. The predicted octanol–water partition coefficient (Wildman–Crippen LogP) is 2.57. The van der Waals surface area contributed by atoms with Crippen molar-refractivity contribution in [2.75, 3.05) is 11.4 Å². The van der Waals surface area contributed by atoms with Crippen LogP contribution < -0.4 is 4.90 Å². The fraction of sp³-hybridized carbons (Fsp3) is 0.385. The van der Waals surface area contributed by atoms with Crippen molar-refractivity contribution in [3.05, 3.63) is 53.6 Å². The molecule has 36 heavy (non-hydrogen) atoms. The highest BCUT2D eigenvalue weighted by molar-refractivity contribution is 6.25. The van der Waals surface area contributed by atoms with E-state index in [1.165, 1.54) is 6.20 Å². The molecule has 1 aromatic carbocycles. The first-order valence-corrected chi connectivity index (χ1v) is 11.9. The third-order valence-electron chi connectivity index (χ3n) is 7.51. The fourth-order valence-corrected chi connectivity index (χ4v) is 5.74. The number of fused-ring (bicyclic) bond motifs is 6. The van der Waals surface area contributed by atoms with E-state index in [-0.39, 0.29) is 29.0 Å². The molecular weight excluding hydrogens is 458 g/mol. The first-order chi connectivity index (χ1) is 17.1. The molecule has 182 valence electrons. The minimum absolute atomic E-state index is 0.183. The van der Waals surface area contributed by atoms with Gasteiger partial charge in [-0.3, -0.25) is 14.3 Å². The molecule has 0 aliphatic carbocycles. The molecule has 3 saturated heterocycles. The summed E-state index contributed by atoms with van der Waals surface area (Å²) in [7, 11) is 1.75. The van der Waals surface area contributed by atoms with Gasteiger partial charge in [0, 0.05) is 29.8 Å². The van der Waals surface area contributed by atoms with E-state index in [0.717, 1.165) is 10.6 Å². The van der Waals surface area contributed by atoms with Crippen molar-refractivity contribution in [1.82, 2.24) is 24.6 Å². The minimum Gasteiger partial charge on any atom is -0.330 e. The molecule has 0 spiro atoms. The Bertz CT molecular complexity index is 1510. The molecule has 0 N–H and O–H groups in total. The van der Waals surface area contributed by atoms with Crippen molar-refractivity contribution in [2.45, 2.75) is 50.7 Å². The van der Waals surface area contributed by atoms with Gasteiger partial charge in [-0.15, -0.1) is 0 Å². The second kappa shape index (κ2) is 7.37. The lowest BCUT2D eigenvalue weighted by Crippen LogP contribution is -2.55. The maximum Gasteiger partial charge on any atom is 0.332 e. The van der Waals surface area contributed by atoms with Crippen molar-refractivity contribution in [3.63, 3.8) is 0 Å². The third-order valence-corrected chi connectivity index (χ3v) is 7.51. The van der Waals surface area contributed by atoms with Gasteiger partial charge in [0.15, 0.2) is 0 Å². The highest BCUT2D eigenvalue weighted by Gasteiger charge is 2.63. The first kappa shape index (κ1) is 22.2. The first-order valence-electron chi connectivity index (χ1n) is 11.9. The molecule has 2 bridgehead atoms. The van der Waals surface area contributed by atoms with Crippen LogP contribution in [0.15, 0.2) is 36.5 Å². The number of nitrogens with zero attached hydrogens (tertiary/aromatic N) is 7. The number of aryl methyl sites for hydroxylation is 1. The topological polar surface area (TPSA) is 115 Å². The number of imide groups is 1. The molecule has 0 saturated carbocycles. The van der Waals surface area contributed by atoms with E-state index >= 15 is 0 Å². The minimum atomic E-state index is -0.745. The van der Waals surface area contributed by atoms with Crippen molar-refractivity contribution < 1.29 is 14.4 Å². The summed E-state index contributed by atoms with van der Waals surface area (Å²) in [5.74, 6) is -0.557. The number of hydrogen-bond acceptors (Lipinski definition) is 6. The lowest BCUT2D eigenvalue weighted by atomic mass is 9.92. The van der Waals surface area contributed by atoms with Crippen LogP contribution in [-0.2, 0) is 17.3 Å². The van der Waals surface area contributed by atoms with Crippen LogP contribution in [0.3, 0.4) is 0 Å². The van der Waals surface area contributed by atoms with E-state index in [1.807, 2.05) is 26.8 Å². The molecule has 0 radical (unpaired) electrons. The van der Waals surface area contributed by atoms with Gasteiger partial charge in [0.2, 0.25) is 0 Å². The molecule has 4 amide bonds. The number of carbonyl (C=O) groups excluding carboxylic acids is 3. The summed E-state index contributed by atoms with van der Waals surface area (Å²) in [6.07, 6.45) is 1.98. The van der Waals surface area contributed by atoms with Gasteiger partial charge in [-0.1, -0.05) is 45.0 Å². The van der Waals surface area contributed by atoms with Gasteiger partial charge in [-0.25, -0.2) is 14.7 Å². The summed E-state index contributed by atoms with van der Waals surface area (Å²) >= 11 is 0. The molecule has 3 aromatic rings. The van der Waals surface area contributed by atoms with Crippen LogP contribution in [0.25, 0.3) is 10.8 Å². The summed E-state index contributed by atoms with van der Waals surface area (Å²) in [4.78, 5) is 49.5. The molecular formula is C26H25N7O3. The normalized spacial score (nSPS) is 23.1. The Labute approximate surface area is 207 Å². The Morgan fingerprint density at radius 2 is 1.89 bits per heavy atom. The Morgan fingerprint density at radius 1 is 1.17 bits per heavy atom. The third kappa shape index (κ3) is 2.92. The second-order valence-corrected chi connectivity index (χ2v) is 10.7. The average molecular weight is 484 g/mol. The molecule has 3 aliphatic heterocycles. The Balaban J connectivity index is 1.34.